The van der Waals surface area contributed by atoms with E-state index in [9.17, 15) is 0 Å². The first-order valence-electron chi connectivity index (χ1n) is 0.827. The molecule has 0 spiro atoms. The minimum atomic E-state index is -0.333. The molecule has 5 N–H and O–H groups in total. The molecule has 5 heavy (non-hydrogen) atoms. The molecule has 0 aliphatic heterocycles. The number of guanidine groups is 1. The van der Waals surface area contributed by atoms with Crippen LogP contribution in [0.3, 0.4) is 0 Å². The SMILES string of the molecule is N=C(N)N.[Ca+2]. The van der Waals surface area contributed by atoms with Crippen molar-refractivity contribution in [2.75, 3.05) is 0 Å². The molecule has 0 rings (SSSR count). The maximum absolute atomic E-state index is 6.06. The number of hydrogen-bond acceptors (Lipinski definition) is 1. The molecule has 0 atom stereocenters. The van der Waals surface area contributed by atoms with Crippen molar-refractivity contribution in [3.63, 3.8) is 0 Å². The predicted octanol–water partition coefficient (Wildman–Crippen LogP) is -1.54. The number of hydrogen-bond donors (Lipinski definition) is 3. The third-order valence-corrected chi connectivity index (χ3v) is 0. The smallest absolute Gasteiger partial charge is 0.370 e. The van der Waals surface area contributed by atoms with Crippen LogP contribution in [0, 0.1) is 5.41 Å². The van der Waals surface area contributed by atoms with Gasteiger partial charge in [-0.25, -0.2) is 0 Å². The van der Waals surface area contributed by atoms with Crippen molar-refractivity contribution >= 4 is 43.7 Å². The zero-order valence-corrected chi connectivity index (χ0v) is 5.07. The normalized spacial score (nSPS) is 4.80. The van der Waals surface area contributed by atoms with Crippen LogP contribution in [0.15, 0.2) is 0 Å². The topological polar surface area (TPSA) is 75.9 Å². The van der Waals surface area contributed by atoms with Crippen LogP contribution in [-0.2, 0) is 0 Å². The Morgan fingerprint density at radius 3 is 1.40 bits per heavy atom. The average Bonchev–Trinajstić information content (AvgIpc) is 0.811. The van der Waals surface area contributed by atoms with Crippen molar-refractivity contribution in [2.45, 2.75) is 0 Å². The molecule has 0 heterocycles. The van der Waals surface area contributed by atoms with E-state index in [1.54, 1.807) is 0 Å². The van der Waals surface area contributed by atoms with Crippen molar-refractivity contribution < 1.29 is 0 Å². The van der Waals surface area contributed by atoms with E-state index in [1.165, 1.54) is 0 Å². The molecule has 0 aromatic heterocycles. The van der Waals surface area contributed by atoms with Gasteiger partial charge in [0, 0.05) is 0 Å². The monoisotopic (exact) mass is 99.0 g/mol. The van der Waals surface area contributed by atoms with Gasteiger partial charge in [0.1, 0.15) is 0 Å². The largest absolute Gasteiger partial charge is 2.00 e. The molecular weight excluding hydrogens is 94.1 g/mol. The summed E-state index contributed by atoms with van der Waals surface area (Å²) in [6.45, 7) is 0. The Balaban J connectivity index is 0. The van der Waals surface area contributed by atoms with Crippen LogP contribution in [0.1, 0.15) is 0 Å². The van der Waals surface area contributed by atoms with Crippen molar-refractivity contribution in [3.8, 4) is 0 Å². The van der Waals surface area contributed by atoms with Gasteiger partial charge in [0.25, 0.3) is 0 Å². The zero-order valence-electron chi connectivity index (χ0n) is 2.86. The van der Waals surface area contributed by atoms with E-state index in [0.29, 0.717) is 0 Å². The van der Waals surface area contributed by atoms with Crippen LogP contribution >= 0.6 is 0 Å². The summed E-state index contributed by atoms with van der Waals surface area (Å²) in [5.41, 5.74) is 8.94. The fraction of sp³-hybridized carbons (Fsp3) is 0. The summed E-state index contributed by atoms with van der Waals surface area (Å²) in [6.07, 6.45) is 0. The maximum Gasteiger partial charge on any atom is 2.00 e. The molecule has 0 saturated carbocycles. The van der Waals surface area contributed by atoms with Gasteiger partial charge in [-0.15, -0.1) is 0 Å². The molecule has 24 valence electrons. The fourth-order valence-electron chi connectivity index (χ4n) is 0. The molecule has 0 aromatic carbocycles. The number of nitrogens with one attached hydrogen (secondary N) is 1. The quantitative estimate of drug-likeness (QED) is 0.195. The van der Waals surface area contributed by atoms with E-state index in [2.05, 4.69) is 11.5 Å². The van der Waals surface area contributed by atoms with Crippen molar-refractivity contribution in [1.82, 2.24) is 0 Å². The van der Waals surface area contributed by atoms with Gasteiger partial charge in [0.15, 0.2) is 5.96 Å². The summed E-state index contributed by atoms with van der Waals surface area (Å²) in [4.78, 5) is 0. The van der Waals surface area contributed by atoms with E-state index in [4.69, 9.17) is 5.41 Å². The third-order valence-electron chi connectivity index (χ3n) is 0. The molecule has 0 amide bonds. The maximum atomic E-state index is 6.06. The second kappa shape index (κ2) is 4.53. The van der Waals surface area contributed by atoms with Gasteiger partial charge in [-0.3, -0.25) is 5.41 Å². The van der Waals surface area contributed by atoms with Crippen LogP contribution in [-0.4, -0.2) is 43.7 Å². The van der Waals surface area contributed by atoms with Crippen LogP contribution in [0.25, 0.3) is 0 Å². The standard InChI is InChI=1S/CH5N3.Ca/c2-1(3)4;/h(H5,2,3,4);/q;+2. The van der Waals surface area contributed by atoms with Gasteiger partial charge in [0.2, 0.25) is 0 Å². The predicted molar refractivity (Wildman–Crippen MR) is 21.9 cm³/mol. The van der Waals surface area contributed by atoms with Crippen molar-refractivity contribution in [2.24, 2.45) is 11.5 Å². The minimum absolute atomic E-state index is 0. The Kier molecular flexibility index (Phi) is 8.25. The first-order valence-corrected chi connectivity index (χ1v) is 0.827. The molecule has 0 aliphatic carbocycles. The van der Waals surface area contributed by atoms with Crippen molar-refractivity contribution in [3.05, 3.63) is 0 Å². The number of rotatable bonds is 0. The van der Waals surface area contributed by atoms with E-state index in [-0.39, 0.29) is 43.7 Å². The van der Waals surface area contributed by atoms with E-state index in [0.717, 1.165) is 0 Å². The van der Waals surface area contributed by atoms with Crippen molar-refractivity contribution in [1.29, 1.82) is 5.41 Å². The summed E-state index contributed by atoms with van der Waals surface area (Å²) in [6, 6.07) is 0. The Bertz CT molecular complexity index is 29.9. The van der Waals surface area contributed by atoms with Gasteiger partial charge >= 0.3 is 37.7 Å². The average molecular weight is 99.2 g/mol. The molecule has 0 unspecified atom stereocenters. The van der Waals surface area contributed by atoms with Crippen LogP contribution in [0.5, 0.6) is 0 Å². The number of nitrogens with two attached hydrogens (primary N) is 2. The van der Waals surface area contributed by atoms with Gasteiger partial charge < -0.3 is 11.5 Å². The van der Waals surface area contributed by atoms with Gasteiger partial charge in [-0.05, 0) is 0 Å². The first-order chi connectivity index (χ1) is 1.73. The summed E-state index contributed by atoms with van der Waals surface area (Å²) in [7, 11) is 0. The molecule has 3 nitrogen and oxygen atoms in total. The van der Waals surface area contributed by atoms with E-state index < -0.39 is 0 Å². The van der Waals surface area contributed by atoms with Gasteiger partial charge in [-0.2, -0.15) is 0 Å². The Hall–Kier alpha value is 0.530. The molecule has 4 heteroatoms. The van der Waals surface area contributed by atoms with Crippen LogP contribution in [0.4, 0.5) is 0 Å². The Morgan fingerprint density at radius 1 is 1.40 bits per heavy atom. The molecule has 0 fully saturated rings. The third kappa shape index (κ3) is 103. The Labute approximate surface area is 60.2 Å². The van der Waals surface area contributed by atoms with Crippen LogP contribution in [0.2, 0.25) is 0 Å². The summed E-state index contributed by atoms with van der Waals surface area (Å²) in [5, 5.41) is 6.06. The zero-order chi connectivity index (χ0) is 3.58. The molecule has 0 aliphatic rings. The molecule has 0 radical (unpaired) electrons. The summed E-state index contributed by atoms with van der Waals surface area (Å²) in [5.74, 6) is -0.333. The second-order valence-corrected chi connectivity index (χ2v) is 0.455. The van der Waals surface area contributed by atoms with E-state index >= 15 is 0 Å². The first kappa shape index (κ1) is 9.11. The summed E-state index contributed by atoms with van der Waals surface area (Å²) >= 11 is 0. The van der Waals surface area contributed by atoms with Crippen LogP contribution < -0.4 is 11.5 Å². The molecule has 0 bridgehead atoms. The van der Waals surface area contributed by atoms with Gasteiger partial charge in [0.05, 0.1) is 0 Å². The summed E-state index contributed by atoms with van der Waals surface area (Å²) < 4.78 is 0. The molecule has 0 aromatic rings. The van der Waals surface area contributed by atoms with E-state index in [1.807, 2.05) is 0 Å². The molecular formula is CH5CaN3+2. The molecule has 0 saturated heterocycles. The fourth-order valence-corrected chi connectivity index (χ4v) is 0. The minimum Gasteiger partial charge on any atom is -0.370 e. The Morgan fingerprint density at radius 2 is 1.40 bits per heavy atom. The second-order valence-electron chi connectivity index (χ2n) is 0.455. The van der Waals surface area contributed by atoms with Gasteiger partial charge in [-0.1, -0.05) is 0 Å².